The highest BCUT2D eigenvalue weighted by Gasteiger charge is 2.41. The maximum Gasteiger partial charge on any atom is 0.325 e. The zero-order valence-electron chi connectivity index (χ0n) is 26.6. The first kappa shape index (κ1) is 32.8. The molecule has 238 valence electrons. The van der Waals surface area contributed by atoms with Gasteiger partial charge < -0.3 is 15.1 Å². The Labute approximate surface area is 257 Å². The molecule has 3 amide bonds. The molecular weight excluding hydrogens is 566 g/mol. The van der Waals surface area contributed by atoms with Crippen LogP contribution >= 0.6 is 0 Å². The van der Waals surface area contributed by atoms with Crippen LogP contribution < -0.4 is 10.0 Å². The van der Waals surface area contributed by atoms with Gasteiger partial charge >= 0.3 is 6.03 Å². The number of anilines is 1. The van der Waals surface area contributed by atoms with Crippen molar-refractivity contribution in [3.63, 3.8) is 0 Å². The average Bonchev–Trinajstić information content (AvgIpc) is 3.42. The number of aromatic nitrogens is 1. The predicted molar refractivity (Wildman–Crippen MR) is 169 cm³/mol. The largest absolute Gasteiger partial charge is 0.370 e. The van der Waals surface area contributed by atoms with Crippen LogP contribution in [-0.4, -0.2) is 84.1 Å². The van der Waals surface area contributed by atoms with Gasteiger partial charge in [-0.2, -0.15) is 8.42 Å². The SMILES string of the molecule is CC/C=C(\N=C1CC(=O)NS(=O)(=O)c2cccc(n2)NCCC[C@@H]2CN1C(C)(C)C2)N1CCN(CCCC(C)(C)C)C1=O. The van der Waals surface area contributed by atoms with E-state index in [0.29, 0.717) is 62.5 Å². The lowest BCUT2D eigenvalue weighted by molar-refractivity contribution is -0.118. The van der Waals surface area contributed by atoms with Crippen molar-refractivity contribution in [1.82, 2.24) is 24.4 Å². The summed E-state index contributed by atoms with van der Waals surface area (Å²) in [6.07, 6.45) is 7.05. The molecular formula is C31H49N7O4S. The maximum absolute atomic E-state index is 13.5. The van der Waals surface area contributed by atoms with Crippen molar-refractivity contribution in [3.8, 4) is 0 Å². The molecule has 3 aliphatic rings. The predicted octanol–water partition coefficient (Wildman–Crippen LogP) is 4.80. The van der Waals surface area contributed by atoms with Crippen molar-refractivity contribution in [2.24, 2.45) is 16.3 Å². The van der Waals surface area contributed by atoms with Crippen molar-refractivity contribution in [1.29, 1.82) is 0 Å². The minimum absolute atomic E-state index is 0.0841. The molecule has 0 radical (unpaired) electrons. The number of amides is 3. The highest BCUT2D eigenvalue weighted by Crippen LogP contribution is 2.36. The number of amidine groups is 1. The Morgan fingerprint density at radius 1 is 1.21 bits per heavy atom. The number of fused-ring (bicyclic) bond motifs is 4. The fourth-order valence-corrected chi connectivity index (χ4v) is 7.17. The molecule has 2 N–H and O–H groups in total. The van der Waals surface area contributed by atoms with Crippen LogP contribution in [0.15, 0.2) is 40.1 Å². The molecule has 1 aromatic heterocycles. The van der Waals surface area contributed by atoms with E-state index in [2.05, 4.69) is 54.5 Å². The number of hydrogen-bond acceptors (Lipinski definition) is 7. The molecule has 0 saturated carbocycles. The molecule has 2 saturated heterocycles. The molecule has 12 heteroatoms. The van der Waals surface area contributed by atoms with Crippen LogP contribution in [0.4, 0.5) is 10.6 Å². The number of sulfonamides is 1. The van der Waals surface area contributed by atoms with Crippen LogP contribution in [0.3, 0.4) is 0 Å². The van der Waals surface area contributed by atoms with Crippen molar-refractivity contribution in [2.45, 2.75) is 97.1 Å². The number of urea groups is 1. The van der Waals surface area contributed by atoms with Gasteiger partial charge in [0.05, 0.1) is 6.42 Å². The third-order valence-corrected chi connectivity index (χ3v) is 9.56. The van der Waals surface area contributed by atoms with Gasteiger partial charge in [-0.1, -0.05) is 33.8 Å². The van der Waals surface area contributed by atoms with Gasteiger partial charge in [-0.15, -0.1) is 0 Å². The number of aliphatic imine (C=N–C) groups is 1. The molecule has 1 aromatic rings. The van der Waals surface area contributed by atoms with E-state index in [1.807, 2.05) is 17.9 Å². The van der Waals surface area contributed by atoms with E-state index in [0.717, 1.165) is 32.1 Å². The normalized spacial score (nSPS) is 24.0. The highest BCUT2D eigenvalue weighted by atomic mass is 32.2. The first-order valence-corrected chi connectivity index (χ1v) is 17.1. The van der Waals surface area contributed by atoms with Crippen LogP contribution in [0.2, 0.25) is 0 Å². The Hall–Kier alpha value is -3.15. The summed E-state index contributed by atoms with van der Waals surface area (Å²) in [5.41, 5.74) is -0.0964. The van der Waals surface area contributed by atoms with Gasteiger partial charge in [0.15, 0.2) is 5.03 Å². The van der Waals surface area contributed by atoms with Crippen LogP contribution in [0, 0.1) is 11.3 Å². The second kappa shape index (κ2) is 13.2. The Balaban J connectivity index is 1.64. The molecule has 4 heterocycles. The van der Waals surface area contributed by atoms with E-state index >= 15 is 0 Å². The van der Waals surface area contributed by atoms with Crippen LogP contribution in [0.25, 0.3) is 0 Å². The molecule has 0 aromatic carbocycles. The fraction of sp³-hybridized carbons (Fsp3) is 0.677. The number of allylic oxidation sites excluding steroid dienone is 1. The zero-order valence-corrected chi connectivity index (χ0v) is 27.5. The molecule has 0 unspecified atom stereocenters. The second-order valence-corrected chi connectivity index (χ2v) is 15.3. The van der Waals surface area contributed by atoms with Crippen LogP contribution in [0.1, 0.15) is 86.5 Å². The molecule has 4 bridgehead atoms. The molecule has 2 fully saturated rings. The standard InChI is InChI=1S/C31H49N7O4S/c1-7-11-25(37-19-18-36(29(37)40)17-10-15-30(2,3)4)34-26-20-27(39)35-43(41,42)28-14-8-13-24(33-28)32-16-9-12-23-21-31(5,6)38(26)22-23/h8,11,13-14,23H,7,9-10,12,15-22H2,1-6H3,(H,32,33)(H,35,39)/b25-11+,34-26?/t23-/m0/s1. The molecule has 0 aliphatic carbocycles. The molecule has 43 heavy (non-hydrogen) atoms. The molecule has 1 atom stereocenters. The summed E-state index contributed by atoms with van der Waals surface area (Å²) in [6, 6.07) is 4.61. The Morgan fingerprint density at radius 2 is 1.98 bits per heavy atom. The Kier molecular flexibility index (Phi) is 10.1. The van der Waals surface area contributed by atoms with E-state index in [4.69, 9.17) is 4.99 Å². The summed E-state index contributed by atoms with van der Waals surface area (Å²) in [5.74, 6) is 1.11. The van der Waals surface area contributed by atoms with Gasteiger partial charge in [-0.05, 0) is 81.9 Å². The maximum atomic E-state index is 13.5. The van der Waals surface area contributed by atoms with Crippen molar-refractivity contribution in [3.05, 3.63) is 30.1 Å². The Bertz CT molecular complexity index is 1350. The van der Waals surface area contributed by atoms with Gasteiger partial charge in [0.25, 0.3) is 10.0 Å². The van der Waals surface area contributed by atoms with Gasteiger partial charge in [0.1, 0.15) is 17.5 Å². The summed E-state index contributed by atoms with van der Waals surface area (Å²) in [4.78, 5) is 41.8. The summed E-state index contributed by atoms with van der Waals surface area (Å²) >= 11 is 0. The number of rotatable bonds is 6. The molecule has 0 spiro atoms. The van der Waals surface area contributed by atoms with Crippen molar-refractivity contribution >= 4 is 33.6 Å². The number of carbonyl (C=O) groups excluding carboxylic acids is 2. The minimum atomic E-state index is -4.19. The van der Waals surface area contributed by atoms with E-state index in [1.54, 1.807) is 17.0 Å². The third-order valence-electron chi connectivity index (χ3n) is 8.29. The van der Waals surface area contributed by atoms with Crippen LogP contribution in [-0.2, 0) is 14.8 Å². The van der Waals surface area contributed by atoms with Crippen LogP contribution in [0.5, 0.6) is 0 Å². The highest BCUT2D eigenvalue weighted by molar-refractivity contribution is 7.90. The minimum Gasteiger partial charge on any atom is -0.370 e. The second-order valence-electron chi connectivity index (χ2n) is 13.7. The van der Waals surface area contributed by atoms with E-state index in [1.165, 1.54) is 6.07 Å². The first-order valence-electron chi connectivity index (χ1n) is 15.6. The quantitative estimate of drug-likeness (QED) is 0.471. The van der Waals surface area contributed by atoms with Gasteiger partial charge in [0, 0.05) is 38.3 Å². The lowest BCUT2D eigenvalue weighted by Crippen LogP contribution is -2.45. The third kappa shape index (κ3) is 8.49. The number of nitrogens with zero attached hydrogens (tertiary/aromatic N) is 5. The Morgan fingerprint density at radius 3 is 2.70 bits per heavy atom. The lowest BCUT2D eigenvalue weighted by atomic mass is 9.90. The van der Waals surface area contributed by atoms with Crippen molar-refractivity contribution in [2.75, 3.05) is 38.0 Å². The number of pyridine rings is 1. The number of hydrogen-bond donors (Lipinski definition) is 2. The fourth-order valence-electron chi connectivity index (χ4n) is 6.22. The summed E-state index contributed by atoms with van der Waals surface area (Å²) < 4.78 is 28.4. The first-order chi connectivity index (χ1) is 20.2. The van der Waals surface area contributed by atoms with Crippen molar-refractivity contribution < 1.29 is 18.0 Å². The van der Waals surface area contributed by atoms with E-state index in [9.17, 15) is 18.0 Å². The summed E-state index contributed by atoms with van der Waals surface area (Å²) in [6.45, 7) is 16.0. The van der Waals surface area contributed by atoms with E-state index < -0.39 is 15.9 Å². The van der Waals surface area contributed by atoms with Gasteiger partial charge in [0.2, 0.25) is 5.91 Å². The number of carbonyl (C=O) groups is 2. The summed E-state index contributed by atoms with van der Waals surface area (Å²) in [5, 5.41) is 2.99. The molecule has 3 aliphatic heterocycles. The lowest BCUT2D eigenvalue weighted by Gasteiger charge is -2.35. The number of nitrogens with one attached hydrogen (secondary N) is 2. The van der Waals surface area contributed by atoms with Gasteiger partial charge in [-0.3, -0.25) is 9.69 Å². The molecule has 4 rings (SSSR count). The topological polar surface area (TPSA) is 127 Å². The van der Waals surface area contributed by atoms with E-state index in [-0.39, 0.29) is 28.4 Å². The molecule has 11 nitrogen and oxygen atoms in total. The summed E-state index contributed by atoms with van der Waals surface area (Å²) in [7, 11) is -4.19. The monoisotopic (exact) mass is 615 g/mol. The zero-order chi connectivity index (χ0) is 31.4. The van der Waals surface area contributed by atoms with Gasteiger partial charge in [-0.25, -0.2) is 19.5 Å². The average molecular weight is 616 g/mol. The smallest absolute Gasteiger partial charge is 0.325 e.